The number of aromatic nitrogens is 2. The van der Waals surface area contributed by atoms with Crippen LogP contribution in [-0.2, 0) is 6.18 Å². The first-order valence-electron chi connectivity index (χ1n) is 8.92. The number of carbonyl (C=O) groups excluding carboxylic acids is 1. The van der Waals surface area contributed by atoms with Gasteiger partial charge in [-0.15, -0.1) is 11.8 Å². The molecule has 29 heavy (non-hydrogen) atoms. The molecular weight excluding hydrogens is 403 g/mol. The molecule has 2 heterocycles. The number of nitrogens with zero attached hydrogens (tertiary/aromatic N) is 3. The van der Waals surface area contributed by atoms with E-state index in [9.17, 15) is 18.0 Å². The third kappa shape index (κ3) is 4.45. The Morgan fingerprint density at radius 3 is 2.48 bits per heavy atom. The zero-order chi connectivity index (χ0) is 20.4. The summed E-state index contributed by atoms with van der Waals surface area (Å²) in [6.45, 7) is 1.35. The van der Waals surface area contributed by atoms with Gasteiger partial charge < -0.3 is 9.42 Å². The first-order chi connectivity index (χ1) is 13.9. The number of alkyl halides is 3. The minimum absolute atomic E-state index is 0.0293. The van der Waals surface area contributed by atoms with Crippen molar-refractivity contribution < 1.29 is 22.5 Å². The van der Waals surface area contributed by atoms with Crippen molar-refractivity contribution in [1.29, 1.82) is 0 Å². The van der Waals surface area contributed by atoms with Crippen LogP contribution in [0.25, 0.3) is 11.4 Å². The summed E-state index contributed by atoms with van der Waals surface area (Å²) in [4.78, 5) is 18.7. The fraction of sp³-hybridized carbons (Fsp3) is 0.250. The van der Waals surface area contributed by atoms with Crippen LogP contribution < -0.4 is 0 Å². The molecule has 5 nitrogen and oxygen atoms in total. The van der Waals surface area contributed by atoms with E-state index in [-0.39, 0.29) is 17.0 Å². The van der Waals surface area contributed by atoms with Crippen molar-refractivity contribution in [2.45, 2.75) is 22.7 Å². The van der Waals surface area contributed by atoms with Crippen molar-refractivity contribution >= 4 is 17.7 Å². The van der Waals surface area contributed by atoms with Crippen LogP contribution in [0.3, 0.4) is 0 Å². The Hall–Kier alpha value is -2.81. The maximum atomic E-state index is 12.6. The van der Waals surface area contributed by atoms with E-state index in [1.54, 1.807) is 23.9 Å². The number of amides is 1. The predicted octanol–water partition coefficient (Wildman–Crippen LogP) is 4.76. The summed E-state index contributed by atoms with van der Waals surface area (Å²) in [5.41, 5.74) is 1.13. The Morgan fingerprint density at radius 2 is 1.83 bits per heavy atom. The third-order valence-corrected chi connectivity index (χ3v) is 5.80. The Labute approximate surface area is 168 Å². The summed E-state index contributed by atoms with van der Waals surface area (Å²) < 4.78 is 42.0. The van der Waals surface area contributed by atoms with Crippen LogP contribution in [0, 0.1) is 0 Å². The second kappa shape index (κ2) is 7.90. The quantitative estimate of drug-likeness (QED) is 0.610. The number of rotatable bonds is 4. The van der Waals surface area contributed by atoms with E-state index >= 15 is 0 Å². The second-order valence-electron chi connectivity index (χ2n) is 6.59. The minimum atomic E-state index is -4.66. The summed E-state index contributed by atoms with van der Waals surface area (Å²) in [7, 11) is 0. The minimum Gasteiger partial charge on any atom is -0.337 e. The third-order valence-electron chi connectivity index (χ3n) is 4.54. The van der Waals surface area contributed by atoms with Crippen LogP contribution in [0.4, 0.5) is 13.2 Å². The maximum Gasteiger partial charge on any atom is 0.471 e. The highest BCUT2D eigenvalue weighted by atomic mass is 32.2. The largest absolute Gasteiger partial charge is 0.471 e. The van der Waals surface area contributed by atoms with E-state index in [1.807, 2.05) is 47.4 Å². The van der Waals surface area contributed by atoms with Gasteiger partial charge >= 0.3 is 12.1 Å². The summed E-state index contributed by atoms with van der Waals surface area (Å²) in [6, 6.07) is 16.1. The highest BCUT2D eigenvalue weighted by molar-refractivity contribution is 8.00. The molecule has 0 aliphatic carbocycles. The zero-order valence-electron chi connectivity index (χ0n) is 15.1. The molecule has 1 fully saturated rings. The van der Waals surface area contributed by atoms with Gasteiger partial charge in [0.1, 0.15) is 0 Å². The van der Waals surface area contributed by atoms with Crippen molar-refractivity contribution in [3.8, 4) is 11.4 Å². The predicted molar refractivity (Wildman–Crippen MR) is 101 cm³/mol. The molecule has 0 unspecified atom stereocenters. The Morgan fingerprint density at radius 1 is 1.10 bits per heavy atom. The highest BCUT2D eigenvalue weighted by Gasteiger charge is 2.38. The summed E-state index contributed by atoms with van der Waals surface area (Å²) in [5, 5.41) is 3.65. The molecule has 1 aromatic heterocycles. The molecule has 4 rings (SSSR count). The summed E-state index contributed by atoms with van der Waals surface area (Å²) >= 11 is 1.64. The van der Waals surface area contributed by atoms with Gasteiger partial charge in [0.25, 0.3) is 5.91 Å². The summed E-state index contributed by atoms with van der Waals surface area (Å²) in [6.07, 6.45) is -3.78. The normalized spacial score (nSPS) is 16.9. The molecule has 2 aromatic carbocycles. The van der Waals surface area contributed by atoms with Gasteiger partial charge in [-0.25, -0.2) is 0 Å². The van der Waals surface area contributed by atoms with Crippen LogP contribution in [0.15, 0.2) is 64.0 Å². The van der Waals surface area contributed by atoms with Crippen molar-refractivity contribution in [3.05, 3.63) is 66.1 Å². The van der Waals surface area contributed by atoms with E-state index in [4.69, 9.17) is 0 Å². The Balaban J connectivity index is 1.37. The maximum absolute atomic E-state index is 12.6. The molecule has 3 aromatic rings. The zero-order valence-corrected chi connectivity index (χ0v) is 15.9. The molecule has 0 radical (unpaired) electrons. The van der Waals surface area contributed by atoms with Crippen molar-refractivity contribution in [3.63, 3.8) is 0 Å². The van der Waals surface area contributed by atoms with E-state index in [0.29, 0.717) is 24.2 Å². The molecule has 1 aliphatic rings. The highest BCUT2D eigenvalue weighted by Crippen LogP contribution is 2.33. The Bertz CT molecular complexity index is 990. The van der Waals surface area contributed by atoms with Gasteiger partial charge in [-0.3, -0.25) is 4.79 Å². The number of likely N-dealkylation sites (tertiary alicyclic amines) is 1. The van der Waals surface area contributed by atoms with Crippen LogP contribution in [-0.4, -0.2) is 39.3 Å². The molecule has 0 N–H and O–H groups in total. The van der Waals surface area contributed by atoms with Gasteiger partial charge in [0.05, 0.1) is 0 Å². The van der Waals surface area contributed by atoms with Gasteiger partial charge in [-0.05, 0) is 42.8 Å². The van der Waals surface area contributed by atoms with Crippen LogP contribution in [0.2, 0.25) is 0 Å². The van der Waals surface area contributed by atoms with Gasteiger partial charge in [0, 0.05) is 34.4 Å². The van der Waals surface area contributed by atoms with E-state index in [0.717, 1.165) is 11.3 Å². The standard InChI is InChI=1S/C20H16F3N3O2S/c21-20(22,23)19-24-17(25-28-19)13-6-8-15(9-7-13)29-16-10-11-26(12-16)18(27)14-4-2-1-3-5-14/h1-9,16H,10-12H2/t16-/m1/s1. The van der Waals surface area contributed by atoms with Crippen LogP contribution in [0.5, 0.6) is 0 Å². The first-order valence-corrected chi connectivity index (χ1v) is 9.80. The number of benzene rings is 2. The SMILES string of the molecule is O=C(c1ccccc1)N1CC[C@@H](Sc2ccc(-c3noc(C(F)(F)F)n3)cc2)C1. The molecule has 150 valence electrons. The van der Waals surface area contributed by atoms with Crippen LogP contribution in [0.1, 0.15) is 22.7 Å². The monoisotopic (exact) mass is 419 g/mol. The lowest BCUT2D eigenvalue weighted by molar-refractivity contribution is -0.159. The number of carbonyl (C=O) groups is 1. The van der Waals surface area contributed by atoms with Gasteiger partial charge in [0.15, 0.2) is 0 Å². The lowest BCUT2D eigenvalue weighted by Crippen LogP contribution is -2.28. The lowest BCUT2D eigenvalue weighted by Gasteiger charge is -2.16. The molecule has 1 aliphatic heterocycles. The fourth-order valence-electron chi connectivity index (χ4n) is 3.10. The van der Waals surface area contributed by atoms with Gasteiger partial charge in [0.2, 0.25) is 5.82 Å². The van der Waals surface area contributed by atoms with Gasteiger partial charge in [-0.1, -0.05) is 23.4 Å². The number of thioether (sulfide) groups is 1. The summed E-state index contributed by atoms with van der Waals surface area (Å²) in [5.74, 6) is -1.43. The van der Waals surface area contributed by atoms with Crippen molar-refractivity contribution in [2.24, 2.45) is 0 Å². The fourth-order valence-corrected chi connectivity index (χ4v) is 4.26. The molecule has 0 saturated carbocycles. The lowest BCUT2D eigenvalue weighted by atomic mass is 10.2. The van der Waals surface area contributed by atoms with E-state index in [2.05, 4.69) is 14.7 Å². The molecule has 9 heteroatoms. The molecule has 1 amide bonds. The van der Waals surface area contributed by atoms with Crippen molar-refractivity contribution in [1.82, 2.24) is 15.0 Å². The second-order valence-corrected chi connectivity index (χ2v) is 7.96. The molecule has 1 saturated heterocycles. The van der Waals surface area contributed by atoms with E-state index < -0.39 is 12.1 Å². The average Bonchev–Trinajstić information content (AvgIpc) is 3.38. The van der Waals surface area contributed by atoms with E-state index in [1.165, 1.54) is 0 Å². The number of halogens is 3. The van der Waals surface area contributed by atoms with Gasteiger partial charge in [-0.2, -0.15) is 18.2 Å². The smallest absolute Gasteiger partial charge is 0.337 e. The molecule has 0 spiro atoms. The number of hydrogen-bond donors (Lipinski definition) is 0. The van der Waals surface area contributed by atoms with Crippen LogP contribution >= 0.6 is 11.8 Å². The topological polar surface area (TPSA) is 59.2 Å². The Kier molecular flexibility index (Phi) is 5.31. The molecular formula is C20H16F3N3O2S. The van der Waals surface area contributed by atoms with Crippen molar-refractivity contribution in [2.75, 3.05) is 13.1 Å². The molecule has 0 bridgehead atoms. The average molecular weight is 419 g/mol. The number of hydrogen-bond acceptors (Lipinski definition) is 5. The molecule has 1 atom stereocenters. The first kappa shape index (κ1) is 19.5.